The average molecular weight is 499 g/mol. The van der Waals surface area contributed by atoms with Gasteiger partial charge in [0.05, 0.1) is 17.1 Å². The summed E-state index contributed by atoms with van der Waals surface area (Å²) in [4.78, 5) is 7.97. The number of aryl methyl sites for hydroxylation is 2. The van der Waals surface area contributed by atoms with Crippen molar-refractivity contribution in [2.24, 2.45) is 15.7 Å². The molecule has 0 saturated carbocycles. The largest absolute Gasteiger partial charge is 0.451 e. The van der Waals surface area contributed by atoms with Crippen LogP contribution in [0.5, 0.6) is 11.5 Å². The predicted octanol–water partition coefficient (Wildman–Crippen LogP) is 6.68. The van der Waals surface area contributed by atoms with Crippen molar-refractivity contribution >= 4 is 30.4 Å². The number of para-hydroxylation sites is 1. The Bertz CT molecular complexity index is 1030. The number of hydrogen-bond acceptors (Lipinski definition) is 5. The van der Waals surface area contributed by atoms with Gasteiger partial charge < -0.3 is 25.8 Å². The minimum atomic E-state index is -0.664. The van der Waals surface area contributed by atoms with Crippen LogP contribution in [0.3, 0.4) is 0 Å². The minimum absolute atomic E-state index is 0. The van der Waals surface area contributed by atoms with E-state index in [0.717, 1.165) is 6.08 Å². The lowest BCUT2D eigenvalue weighted by Gasteiger charge is -2.18. The topological polar surface area (TPSA) is 124 Å². The highest BCUT2D eigenvalue weighted by Gasteiger charge is 2.18. The van der Waals surface area contributed by atoms with E-state index < -0.39 is 11.6 Å². The zero-order chi connectivity index (χ0) is 25.0. The van der Waals surface area contributed by atoms with Gasteiger partial charge >= 0.3 is 0 Å². The standard InChI is InChI=1S/C21H22F2N4O2S.C3H8.H2O.2H2/c1-5-14(22)16(25-4)11-26-21(24)27-18-17(30-28)10-9-13(3)20(18)29-19-12(2)7-6-8-15(19)23;1-3-2;;;/h5-10,28H,1,4,11H2,2-3H3,(H3,24,26,27);3H2,1-2H3;1H2;2*1H/b16-14+;;;;. The number of rotatable bonds is 8. The van der Waals surface area contributed by atoms with Crippen LogP contribution >= 0.6 is 12.0 Å². The molecule has 0 aliphatic carbocycles. The van der Waals surface area contributed by atoms with E-state index in [1.54, 1.807) is 38.1 Å². The van der Waals surface area contributed by atoms with Gasteiger partial charge in [0.15, 0.2) is 23.3 Å². The van der Waals surface area contributed by atoms with E-state index in [9.17, 15) is 13.3 Å². The molecule has 0 heterocycles. The molecule has 10 heteroatoms. The van der Waals surface area contributed by atoms with E-state index in [-0.39, 0.29) is 43.7 Å². The molecule has 190 valence electrons. The SMILES string of the molecule is C=C/C(F)=C(/CN=C(N)Nc1c(SO)ccc(C)c1Oc1c(C)cccc1F)N=C.CCC.O.[HH].[HH]. The second-order valence-electron chi connectivity index (χ2n) is 6.85. The van der Waals surface area contributed by atoms with Gasteiger partial charge in [0.1, 0.15) is 11.5 Å². The van der Waals surface area contributed by atoms with E-state index in [4.69, 9.17) is 10.5 Å². The summed E-state index contributed by atoms with van der Waals surface area (Å²) in [7, 11) is 0. The van der Waals surface area contributed by atoms with Crippen LogP contribution in [0.15, 0.2) is 69.4 Å². The predicted molar refractivity (Wildman–Crippen MR) is 143 cm³/mol. The zero-order valence-electron chi connectivity index (χ0n) is 19.8. The van der Waals surface area contributed by atoms with Gasteiger partial charge in [-0.05, 0) is 49.9 Å². The van der Waals surface area contributed by atoms with Crippen molar-refractivity contribution in [3.8, 4) is 11.5 Å². The highest BCUT2D eigenvalue weighted by atomic mass is 32.2. The van der Waals surface area contributed by atoms with Gasteiger partial charge in [-0.2, -0.15) is 0 Å². The molecule has 0 amide bonds. The van der Waals surface area contributed by atoms with E-state index in [1.165, 1.54) is 12.5 Å². The second-order valence-corrected chi connectivity index (χ2v) is 7.48. The molecule has 2 aromatic carbocycles. The highest BCUT2D eigenvalue weighted by molar-refractivity contribution is 7.94. The fourth-order valence-corrected chi connectivity index (χ4v) is 2.85. The number of nitrogens with one attached hydrogen (secondary N) is 1. The van der Waals surface area contributed by atoms with Gasteiger partial charge in [-0.3, -0.25) is 4.99 Å². The third-order valence-electron chi connectivity index (χ3n) is 4.08. The second kappa shape index (κ2) is 15.6. The Morgan fingerprint density at radius 2 is 1.85 bits per heavy atom. The van der Waals surface area contributed by atoms with E-state index in [1.807, 2.05) is 0 Å². The van der Waals surface area contributed by atoms with Crippen LogP contribution in [0.4, 0.5) is 14.5 Å². The molecule has 2 rings (SSSR count). The van der Waals surface area contributed by atoms with Gasteiger partial charge in [-0.1, -0.05) is 45.0 Å². The van der Waals surface area contributed by atoms with Crippen LogP contribution in [0, 0.1) is 19.7 Å². The third kappa shape index (κ3) is 8.62. The Hall–Kier alpha value is -3.21. The van der Waals surface area contributed by atoms with Crippen molar-refractivity contribution in [1.82, 2.24) is 0 Å². The van der Waals surface area contributed by atoms with Gasteiger partial charge in [0, 0.05) is 14.9 Å². The Kier molecular flexibility index (Phi) is 14.1. The van der Waals surface area contributed by atoms with Crippen LogP contribution in [-0.4, -0.2) is 29.3 Å². The van der Waals surface area contributed by atoms with Crippen LogP contribution in [-0.2, 0) is 0 Å². The molecule has 0 aliphatic heterocycles. The summed E-state index contributed by atoms with van der Waals surface area (Å²) >= 11 is 0.459. The fraction of sp³-hybridized carbons (Fsp3) is 0.250. The maximum atomic E-state index is 14.3. The first kappa shape index (κ1) is 30.8. The van der Waals surface area contributed by atoms with Crippen LogP contribution in [0.25, 0.3) is 0 Å². The summed E-state index contributed by atoms with van der Waals surface area (Å²) < 4.78 is 43.4. The number of halogens is 2. The number of nitrogens with two attached hydrogens (primary N) is 1. The number of anilines is 1. The van der Waals surface area contributed by atoms with E-state index in [2.05, 4.69) is 42.4 Å². The molecule has 7 nitrogen and oxygen atoms in total. The first-order chi connectivity index (χ1) is 15.7. The number of nitrogens with zero attached hydrogens (tertiary/aromatic N) is 2. The summed E-state index contributed by atoms with van der Waals surface area (Å²) in [6, 6.07) is 7.94. The first-order valence-electron chi connectivity index (χ1n) is 10.2. The molecule has 0 radical (unpaired) electrons. The van der Waals surface area contributed by atoms with Crippen LogP contribution in [0.1, 0.15) is 34.2 Å². The number of ether oxygens (including phenoxy) is 1. The van der Waals surface area contributed by atoms with Crippen LogP contribution in [0.2, 0.25) is 0 Å². The van der Waals surface area contributed by atoms with Crippen molar-refractivity contribution in [2.75, 3.05) is 11.9 Å². The molecular weight excluding hydrogens is 462 g/mol. The lowest BCUT2D eigenvalue weighted by molar-refractivity contribution is 0.437. The van der Waals surface area contributed by atoms with E-state index >= 15 is 0 Å². The summed E-state index contributed by atoms with van der Waals surface area (Å²) in [5.74, 6) is -0.980. The minimum Gasteiger partial charge on any atom is -0.451 e. The Labute approximate surface area is 206 Å². The first-order valence-corrected chi connectivity index (χ1v) is 10.9. The molecule has 34 heavy (non-hydrogen) atoms. The van der Waals surface area contributed by atoms with Crippen molar-refractivity contribution in [3.05, 3.63) is 71.5 Å². The fourth-order valence-electron chi connectivity index (χ4n) is 2.49. The molecule has 0 fully saturated rings. The summed E-state index contributed by atoms with van der Waals surface area (Å²) in [5.41, 5.74) is 7.44. The molecule has 6 N–H and O–H groups in total. The molecular formula is C24H36F2N4O3S. The Morgan fingerprint density at radius 3 is 2.38 bits per heavy atom. The maximum absolute atomic E-state index is 14.3. The molecule has 0 aliphatic rings. The average Bonchev–Trinajstić information content (AvgIpc) is 2.78. The zero-order valence-corrected chi connectivity index (χ0v) is 20.6. The van der Waals surface area contributed by atoms with Gasteiger partial charge in [-0.15, -0.1) is 0 Å². The molecule has 0 saturated heterocycles. The summed E-state index contributed by atoms with van der Waals surface area (Å²) in [6.45, 7) is 14.2. The molecule has 2 aromatic rings. The van der Waals surface area contributed by atoms with Crippen molar-refractivity contribution < 1.29 is 26.4 Å². The third-order valence-corrected chi connectivity index (χ3v) is 4.62. The number of benzene rings is 2. The lowest BCUT2D eigenvalue weighted by Crippen LogP contribution is -2.24. The maximum Gasteiger partial charge on any atom is 0.193 e. The van der Waals surface area contributed by atoms with Crippen molar-refractivity contribution in [1.29, 1.82) is 0 Å². The summed E-state index contributed by atoms with van der Waals surface area (Å²) in [6.07, 6.45) is 2.24. The van der Waals surface area contributed by atoms with Gasteiger partial charge in [0.2, 0.25) is 0 Å². The normalized spacial score (nSPS) is 11.3. The quantitative estimate of drug-likeness (QED) is 0.162. The van der Waals surface area contributed by atoms with Crippen molar-refractivity contribution in [2.45, 2.75) is 39.0 Å². The van der Waals surface area contributed by atoms with Crippen LogP contribution < -0.4 is 15.8 Å². The molecule has 0 spiro atoms. The smallest absolute Gasteiger partial charge is 0.193 e. The van der Waals surface area contributed by atoms with Gasteiger partial charge in [-0.25, -0.2) is 13.8 Å². The van der Waals surface area contributed by atoms with E-state index in [0.29, 0.717) is 28.1 Å². The Morgan fingerprint density at radius 1 is 1.24 bits per heavy atom. The number of allylic oxidation sites excluding steroid dienone is 2. The highest BCUT2D eigenvalue weighted by Crippen LogP contribution is 2.40. The molecule has 0 atom stereocenters. The Balaban J connectivity index is -0.00000172. The lowest BCUT2D eigenvalue weighted by atomic mass is 10.1. The van der Waals surface area contributed by atoms with Crippen molar-refractivity contribution in [3.63, 3.8) is 0 Å². The van der Waals surface area contributed by atoms with Gasteiger partial charge in [0.25, 0.3) is 0 Å². The monoisotopic (exact) mass is 498 g/mol. The molecule has 0 unspecified atom stereocenters. The molecule has 0 bridgehead atoms. The summed E-state index contributed by atoms with van der Waals surface area (Å²) in [5, 5.41) is 2.83. The molecule has 0 aromatic heterocycles. The number of guanidine groups is 1. The number of aliphatic imine (C=N–C) groups is 2. The number of hydrogen-bond donors (Lipinski definition) is 3.